The second kappa shape index (κ2) is 11.1. The van der Waals surface area contributed by atoms with Crippen molar-refractivity contribution in [2.75, 3.05) is 6.26 Å². The number of nitrogens with zero attached hydrogens (tertiary/aromatic N) is 1. The van der Waals surface area contributed by atoms with Crippen LogP contribution in [0.1, 0.15) is 22.7 Å². The first-order valence-electron chi connectivity index (χ1n) is 9.28. The Morgan fingerprint density at radius 1 is 0.897 bits per heavy atom. The molecule has 0 radical (unpaired) electrons. The van der Waals surface area contributed by atoms with E-state index in [0.717, 1.165) is 22.4 Å². The van der Waals surface area contributed by atoms with Crippen LogP contribution < -0.4 is 4.74 Å². The fourth-order valence-corrected chi connectivity index (χ4v) is 2.94. The van der Waals surface area contributed by atoms with Gasteiger partial charge >= 0.3 is 5.97 Å². The van der Waals surface area contributed by atoms with Crippen molar-refractivity contribution in [3.63, 3.8) is 0 Å². The van der Waals surface area contributed by atoms with E-state index in [1.54, 1.807) is 5.55 Å². The highest BCUT2D eigenvalue weighted by molar-refractivity contribution is 8.11. The first-order valence-corrected chi connectivity index (χ1v) is 10.6. The normalized spacial score (nSPS) is 11.9. The summed E-state index contributed by atoms with van der Waals surface area (Å²) in [5, 5.41) is 0. The van der Waals surface area contributed by atoms with Gasteiger partial charge in [-0.05, 0) is 35.1 Å². The maximum Gasteiger partial charge on any atom is 0.335 e. The number of benzene rings is 3. The van der Waals surface area contributed by atoms with E-state index < -0.39 is 6.04 Å². The van der Waals surface area contributed by atoms with Gasteiger partial charge in [-0.25, -0.2) is 4.79 Å². The Morgan fingerprint density at radius 2 is 1.48 bits per heavy atom. The van der Waals surface area contributed by atoms with Crippen LogP contribution in [0.4, 0.5) is 0 Å². The molecule has 3 aromatic carbocycles. The first kappa shape index (κ1) is 20.7. The number of hydrogen-bond acceptors (Lipinski definition) is 5. The van der Waals surface area contributed by atoms with Crippen LogP contribution in [0.5, 0.6) is 5.75 Å². The highest BCUT2D eigenvalue weighted by Crippen LogP contribution is 2.23. The molecule has 0 aliphatic carbocycles. The molecule has 0 bridgehead atoms. The summed E-state index contributed by atoms with van der Waals surface area (Å²) < 4.78 is 11.3. The lowest BCUT2D eigenvalue weighted by Crippen LogP contribution is -2.14. The highest BCUT2D eigenvalue weighted by atomic mass is 32.2. The number of rotatable bonds is 9. The van der Waals surface area contributed by atoms with E-state index in [1.807, 2.05) is 91.2 Å². The summed E-state index contributed by atoms with van der Waals surface area (Å²) in [5.74, 6) is 0.361. The molecule has 0 N–H and O–H groups in total. The molecule has 3 rings (SSSR count). The van der Waals surface area contributed by atoms with Crippen molar-refractivity contribution in [2.24, 2.45) is 4.99 Å². The molecule has 4 nitrogen and oxygen atoms in total. The van der Waals surface area contributed by atoms with E-state index >= 15 is 0 Å². The minimum absolute atomic E-state index is 0.225. The number of carbonyl (C=O) groups excluding carboxylic acids is 1. The monoisotopic (exact) mass is 405 g/mol. The van der Waals surface area contributed by atoms with Gasteiger partial charge in [-0.3, -0.25) is 4.99 Å². The lowest BCUT2D eigenvalue weighted by molar-refractivity contribution is -0.146. The lowest BCUT2D eigenvalue weighted by Gasteiger charge is -2.14. The van der Waals surface area contributed by atoms with Crippen LogP contribution in [-0.2, 0) is 22.7 Å². The minimum Gasteiger partial charge on any atom is -0.489 e. The van der Waals surface area contributed by atoms with Crippen molar-refractivity contribution in [3.05, 3.63) is 102 Å². The third kappa shape index (κ3) is 6.50. The van der Waals surface area contributed by atoms with Crippen molar-refractivity contribution in [1.29, 1.82) is 0 Å². The summed E-state index contributed by atoms with van der Waals surface area (Å²) in [5.41, 5.74) is 4.47. The molecule has 29 heavy (non-hydrogen) atoms. The molecule has 3 aromatic rings. The van der Waals surface area contributed by atoms with E-state index in [0.29, 0.717) is 6.61 Å². The van der Waals surface area contributed by atoms with Gasteiger partial charge in [-0.15, -0.1) is 11.8 Å². The van der Waals surface area contributed by atoms with E-state index in [4.69, 9.17) is 9.47 Å². The van der Waals surface area contributed by atoms with E-state index in [1.165, 1.54) is 11.8 Å². The number of esters is 1. The van der Waals surface area contributed by atoms with Gasteiger partial charge in [0.1, 0.15) is 19.0 Å². The number of ether oxygens (including phenoxy) is 2. The third-order valence-corrected chi connectivity index (χ3v) is 4.54. The van der Waals surface area contributed by atoms with Crippen molar-refractivity contribution in [1.82, 2.24) is 0 Å². The molecule has 1 atom stereocenters. The fourth-order valence-electron chi connectivity index (χ4n) is 2.70. The van der Waals surface area contributed by atoms with Crippen LogP contribution in [0.15, 0.2) is 89.9 Å². The summed E-state index contributed by atoms with van der Waals surface area (Å²) in [6.07, 6.45) is 1.90. The third-order valence-electron chi connectivity index (χ3n) is 4.21. The van der Waals surface area contributed by atoms with Crippen molar-refractivity contribution in [2.45, 2.75) is 19.3 Å². The maximum atomic E-state index is 12.6. The Morgan fingerprint density at radius 3 is 2.07 bits per heavy atom. The predicted molar refractivity (Wildman–Crippen MR) is 118 cm³/mol. The van der Waals surface area contributed by atoms with Crippen molar-refractivity contribution in [3.8, 4) is 5.75 Å². The van der Waals surface area contributed by atoms with Crippen LogP contribution in [0.3, 0.4) is 0 Å². The molecule has 0 fully saturated rings. The zero-order chi connectivity index (χ0) is 20.3. The zero-order valence-electron chi connectivity index (χ0n) is 16.2. The first-order chi connectivity index (χ1) is 14.3. The van der Waals surface area contributed by atoms with Gasteiger partial charge in [0, 0.05) is 0 Å². The van der Waals surface area contributed by atoms with Gasteiger partial charge in [0.2, 0.25) is 0 Å². The predicted octanol–water partition coefficient (Wildman–Crippen LogP) is 5.44. The average Bonchev–Trinajstić information content (AvgIpc) is 2.78. The van der Waals surface area contributed by atoms with Gasteiger partial charge in [-0.2, -0.15) is 0 Å². The summed E-state index contributed by atoms with van der Waals surface area (Å²) in [4.78, 5) is 17.0. The molecule has 148 valence electrons. The van der Waals surface area contributed by atoms with Gasteiger partial charge in [-0.1, -0.05) is 72.8 Å². The topological polar surface area (TPSA) is 47.9 Å². The Hall–Kier alpha value is -3.05. The number of aliphatic imine (C=N–C) groups is 1. The molecule has 0 heterocycles. The maximum absolute atomic E-state index is 12.6. The fraction of sp³-hybridized carbons (Fsp3) is 0.167. The SMILES string of the molecule is CSC=N[C@H](C(=O)OCc1ccccc1)c1ccc(OCc2ccccc2)cc1. The van der Waals surface area contributed by atoms with Crippen LogP contribution in [0.2, 0.25) is 0 Å². The van der Waals surface area contributed by atoms with Gasteiger partial charge < -0.3 is 9.47 Å². The molecule has 0 amide bonds. The second-order valence-corrected chi connectivity index (χ2v) is 7.01. The number of hydrogen-bond donors (Lipinski definition) is 0. The van der Waals surface area contributed by atoms with Gasteiger partial charge in [0.25, 0.3) is 0 Å². The molecule has 0 aromatic heterocycles. The highest BCUT2D eigenvalue weighted by Gasteiger charge is 2.21. The van der Waals surface area contributed by atoms with Gasteiger partial charge in [0.15, 0.2) is 6.04 Å². The molecular formula is C24H23NO3S. The largest absolute Gasteiger partial charge is 0.489 e. The number of carbonyl (C=O) groups is 1. The Kier molecular flexibility index (Phi) is 7.90. The number of thioether (sulfide) groups is 1. The van der Waals surface area contributed by atoms with Crippen molar-refractivity contribution < 1.29 is 14.3 Å². The molecule has 0 saturated heterocycles. The molecule has 5 heteroatoms. The van der Waals surface area contributed by atoms with E-state index in [2.05, 4.69) is 4.99 Å². The second-order valence-electron chi connectivity index (χ2n) is 6.33. The molecule has 0 aliphatic rings. The molecule has 0 saturated carbocycles. The summed E-state index contributed by atoms with van der Waals surface area (Å²) in [7, 11) is 0. The molecule has 0 spiro atoms. The quantitative estimate of drug-likeness (QED) is 0.270. The van der Waals surface area contributed by atoms with Crippen LogP contribution in [-0.4, -0.2) is 17.8 Å². The van der Waals surface area contributed by atoms with Crippen LogP contribution >= 0.6 is 11.8 Å². The van der Waals surface area contributed by atoms with Crippen molar-refractivity contribution >= 4 is 23.3 Å². The van der Waals surface area contributed by atoms with E-state index in [-0.39, 0.29) is 12.6 Å². The van der Waals surface area contributed by atoms with Crippen LogP contribution in [0.25, 0.3) is 0 Å². The smallest absolute Gasteiger partial charge is 0.335 e. The molecule has 0 unspecified atom stereocenters. The Labute approximate surface area is 175 Å². The standard InChI is InChI=1S/C24H23NO3S/c1-29-18-25-23(24(26)28-17-20-10-6-3-7-11-20)21-12-14-22(15-13-21)27-16-19-8-4-2-5-9-19/h2-15,18,23H,16-17H2,1H3/t23-/m0/s1. The summed E-state index contributed by atoms with van der Waals surface area (Å²) >= 11 is 1.44. The Balaban J connectivity index is 1.64. The van der Waals surface area contributed by atoms with Crippen LogP contribution in [0, 0.1) is 0 Å². The van der Waals surface area contributed by atoms with E-state index in [9.17, 15) is 4.79 Å². The molecule has 0 aliphatic heterocycles. The zero-order valence-corrected chi connectivity index (χ0v) is 17.0. The lowest BCUT2D eigenvalue weighted by atomic mass is 10.1. The summed E-state index contributed by atoms with van der Waals surface area (Å²) in [6.45, 7) is 0.719. The molecular weight excluding hydrogens is 382 g/mol. The summed E-state index contributed by atoms with van der Waals surface area (Å²) in [6, 6.07) is 26.3. The Bertz CT molecular complexity index is 912. The van der Waals surface area contributed by atoms with Gasteiger partial charge in [0.05, 0.1) is 5.55 Å². The average molecular weight is 406 g/mol. The minimum atomic E-state index is -0.700.